The van der Waals surface area contributed by atoms with Crippen LogP contribution in [-0.4, -0.2) is 43.7 Å². The van der Waals surface area contributed by atoms with Gasteiger partial charge in [0.05, 0.1) is 5.25 Å². The molecule has 1 aliphatic heterocycles. The number of hydrogen-bond donors (Lipinski definition) is 1. The molecule has 33 heavy (non-hydrogen) atoms. The van der Waals surface area contributed by atoms with Gasteiger partial charge in [-0.2, -0.15) is 0 Å². The van der Waals surface area contributed by atoms with E-state index in [2.05, 4.69) is 21.3 Å². The van der Waals surface area contributed by atoms with Crippen molar-refractivity contribution < 1.29 is 13.2 Å². The molecular weight excluding hydrogens is 478 g/mol. The van der Waals surface area contributed by atoms with Gasteiger partial charge < -0.3 is 10.2 Å². The standard InChI is InChI=1S/C24H28ClN3O3S2/c1-15-12-20(6-9-26-15)28-10-7-19(8-11-28)27-23(29)13-16(2)33(30,31)24-17(3)21-14-18(25)4-5-22(21)32-24/h4-6,9,12,14,16,19H,7-8,10-11,13H2,1-3H3,(H,27,29). The summed E-state index contributed by atoms with van der Waals surface area (Å²) in [7, 11) is -3.63. The Hall–Kier alpha value is -2.16. The highest BCUT2D eigenvalue weighted by atomic mass is 35.5. The molecule has 3 heterocycles. The highest BCUT2D eigenvalue weighted by Crippen LogP contribution is 2.37. The second kappa shape index (κ2) is 9.60. The molecule has 1 saturated heterocycles. The van der Waals surface area contributed by atoms with Gasteiger partial charge in [0.2, 0.25) is 5.91 Å². The Morgan fingerprint density at radius 3 is 2.67 bits per heavy atom. The number of halogens is 1. The van der Waals surface area contributed by atoms with Crippen LogP contribution in [0.2, 0.25) is 5.02 Å². The summed E-state index contributed by atoms with van der Waals surface area (Å²) >= 11 is 7.33. The second-order valence-corrected chi connectivity index (χ2v) is 12.7. The van der Waals surface area contributed by atoms with Crippen molar-refractivity contribution in [3.63, 3.8) is 0 Å². The largest absolute Gasteiger partial charge is 0.371 e. The average Bonchev–Trinajstić information content (AvgIpc) is 3.10. The number of aryl methyl sites for hydroxylation is 2. The number of hydrogen-bond acceptors (Lipinski definition) is 6. The van der Waals surface area contributed by atoms with E-state index in [1.54, 1.807) is 26.0 Å². The molecule has 1 aromatic carbocycles. The van der Waals surface area contributed by atoms with Crippen molar-refractivity contribution in [2.24, 2.45) is 0 Å². The van der Waals surface area contributed by atoms with Crippen LogP contribution in [-0.2, 0) is 14.6 Å². The van der Waals surface area contributed by atoms with Gasteiger partial charge >= 0.3 is 0 Å². The summed E-state index contributed by atoms with van der Waals surface area (Å²) in [6, 6.07) is 9.51. The molecule has 4 rings (SSSR count). The average molecular weight is 506 g/mol. The Morgan fingerprint density at radius 1 is 1.24 bits per heavy atom. The highest BCUT2D eigenvalue weighted by molar-refractivity contribution is 7.94. The van der Waals surface area contributed by atoms with Crippen molar-refractivity contribution in [3.05, 3.63) is 52.8 Å². The number of fused-ring (bicyclic) bond motifs is 1. The molecule has 6 nitrogen and oxygen atoms in total. The monoisotopic (exact) mass is 505 g/mol. The van der Waals surface area contributed by atoms with Gasteiger partial charge in [0.15, 0.2) is 9.84 Å². The minimum Gasteiger partial charge on any atom is -0.371 e. The Balaban J connectivity index is 1.36. The van der Waals surface area contributed by atoms with E-state index < -0.39 is 15.1 Å². The molecule has 9 heteroatoms. The number of sulfone groups is 1. The number of aromatic nitrogens is 1. The number of nitrogens with zero attached hydrogens (tertiary/aromatic N) is 2. The molecule has 0 saturated carbocycles. The summed E-state index contributed by atoms with van der Waals surface area (Å²) in [6.07, 6.45) is 3.41. The molecule has 1 aliphatic rings. The first kappa shape index (κ1) is 24.0. The van der Waals surface area contributed by atoms with Crippen molar-refractivity contribution in [1.82, 2.24) is 10.3 Å². The number of anilines is 1. The van der Waals surface area contributed by atoms with Crippen LogP contribution in [0.3, 0.4) is 0 Å². The summed E-state index contributed by atoms with van der Waals surface area (Å²) in [5.74, 6) is -0.217. The van der Waals surface area contributed by atoms with Crippen LogP contribution in [0.4, 0.5) is 5.69 Å². The fraction of sp³-hybridized carbons (Fsp3) is 0.417. The lowest BCUT2D eigenvalue weighted by molar-refractivity contribution is -0.121. The van der Waals surface area contributed by atoms with E-state index in [1.807, 2.05) is 25.3 Å². The lowest BCUT2D eigenvalue weighted by Crippen LogP contribution is -2.45. The number of amides is 1. The van der Waals surface area contributed by atoms with Gasteiger partial charge in [-0.3, -0.25) is 9.78 Å². The summed E-state index contributed by atoms with van der Waals surface area (Å²) in [5.41, 5.74) is 2.82. The zero-order valence-corrected chi connectivity index (χ0v) is 21.4. The van der Waals surface area contributed by atoms with Gasteiger partial charge in [0.25, 0.3) is 0 Å². The van der Waals surface area contributed by atoms with E-state index in [-0.39, 0.29) is 18.4 Å². The van der Waals surface area contributed by atoms with Gasteiger partial charge in [0, 0.05) is 52.9 Å². The Morgan fingerprint density at radius 2 is 1.97 bits per heavy atom. The molecule has 0 spiro atoms. The van der Waals surface area contributed by atoms with E-state index in [0.717, 1.165) is 47.4 Å². The molecule has 3 aromatic rings. The summed E-state index contributed by atoms with van der Waals surface area (Å²) < 4.78 is 27.7. The zero-order valence-electron chi connectivity index (χ0n) is 19.0. The molecule has 0 aliphatic carbocycles. The first-order chi connectivity index (χ1) is 15.6. The maximum Gasteiger partial charge on any atom is 0.221 e. The molecule has 1 unspecified atom stereocenters. The zero-order chi connectivity index (χ0) is 23.8. The first-order valence-electron chi connectivity index (χ1n) is 11.0. The predicted molar refractivity (Wildman–Crippen MR) is 135 cm³/mol. The fourth-order valence-electron chi connectivity index (χ4n) is 4.29. The van der Waals surface area contributed by atoms with Crippen molar-refractivity contribution in [3.8, 4) is 0 Å². The predicted octanol–water partition coefficient (Wildman–Crippen LogP) is 4.90. The van der Waals surface area contributed by atoms with Crippen LogP contribution in [0.1, 0.15) is 37.4 Å². The van der Waals surface area contributed by atoms with Gasteiger partial charge in [0.1, 0.15) is 4.21 Å². The fourth-order valence-corrected chi connectivity index (χ4v) is 7.88. The van der Waals surface area contributed by atoms with Crippen molar-refractivity contribution in [2.45, 2.75) is 55.5 Å². The molecule has 0 radical (unpaired) electrons. The smallest absolute Gasteiger partial charge is 0.221 e. The second-order valence-electron chi connectivity index (χ2n) is 8.70. The summed E-state index contributed by atoms with van der Waals surface area (Å²) in [4.78, 5) is 19.2. The van der Waals surface area contributed by atoms with Gasteiger partial charge in [-0.1, -0.05) is 11.6 Å². The Kier molecular flexibility index (Phi) is 6.98. The minimum atomic E-state index is -3.63. The van der Waals surface area contributed by atoms with Crippen LogP contribution in [0.25, 0.3) is 10.1 Å². The van der Waals surface area contributed by atoms with E-state index >= 15 is 0 Å². The highest BCUT2D eigenvalue weighted by Gasteiger charge is 2.31. The molecular formula is C24H28ClN3O3S2. The molecule has 1 atom stereocenters. The number of rotatable bonds is 6. The molecule has 0 bridgehead atoms. The van der Waals surface area contributed by atoms with Crippen molar-refractivity contribution in [2.75, 3.05) is 18.0 Å². The van der Waals surface area contributed by atoms with Crippen LogP contribution in [0.15, 0.2) is 40.7 Å². The topological polar surface area (TPSA) is 79.4 Å². The maximum absolute atomic E-state index is 13.2. The van der Waals surface area contributed by atoms with Gasteiger partial charge in [-0.05, 0) is 74.9 Å². The molecule has 1 fully saturated rings. The number of pyridine rings is 1. The molecule has 2 aromatic heterocycles. The number of carbonyl (C=O) groups excluding carboxylic acids is 1. The third-order valence-electron chi connectivity index (χ3n) is 6.22. The number of carbonyl (C=O) groups is 1. The normalized spacial score (nSPS) is 16.2. The van der Waals surface area contributed by atoms with E-state index in [4.69, 9.17) is 11.6 Å². The molecule has 1 N–H and O–H groups in total. The van der Waals surface area contributed by atoms with Crippen molar-refractivity contribution >= 4 is 54.5 Å². The van der Waals surface area contributed by atoms with Crippen LogP contribution in [0, 0.1) is 13.8 Å². The van der Waals surface area contributed by atoms with Crippen LogP contribution in [0.5, 0.6) is 0 Å². The van der Waals surface area contributed by atoms with Crippen LogP contribution >= 0.6 is 22.9 Å². The Labute approximate surface area is 203 Å². The third-order valence-corrected chi connectivity index (χ3v) is 10.5. The Bertz CT molecular complexity index is 1280. The summed E-state index contributed by atoms with van der Waals surface area (Å²) in [6.45, 7) is 7.06. The maximum atomic E-state index is 13.2. The van der Waals surface area contributed by atoms with Gasteiger partial charge in [-0.15, -0.1) is 11.3 Å². The lowest BCUT2D eigenvalue weighted by atomic mass is 10.0. The van der Waals surface area contributed by atoms with Gasteiger partial charge in [-0.25, -0.2) is 8.42 Å². The SMILES string of the molecule is Cc1cc(N2CCC(NC(=O)CC(C)S(=O)(=O)c3sc4ccc(Cl)cc4c3C)CC2)ccn1. The van der Waals surface area contributed by atoms with E-state index in [9.17, 15) is 13.2 Å². The molecule has 1 amide bonds. The van der Waals surface area contributed by atoms with Crippen molar-refractivity contribution in [1.29, 1.82) is 0 Å². The minimum absolute atomic E-state index is 0.0550. The van der Waals surface area contributed by atoms with Crippen LogP contribution < -0.4 is 10.2 Å². The van der Waals surface area contributed by atoms with E-state index in [1.165, 1.54) is 11.3 Å². The number of piperidine rings is 1. The van der Waals surface area contributed by atoms with E-state index in [0.29, 0.717) is 14.8 Å². The number of nitrogens with one attached hydrogen (secondary N) is 1. The summed E-state index contributed by atoms with van der Waals surface area (Å²) in [5, 5.41) is 3.66. The quantitative estimate of drug-likeness (QED) is 0.515. The lowest BCUT2D eigenvalue weighted by Gasteiger charge is -2.34. The number of benzene rings is 1. The third kappa shape index (κ3) is 5.18. The molecule has 176 valence electrons. The number of thiophene rings is 1. The first-order valence-corrected chi connectivity index (χ1v) is 13.8.